The number of rotatable bonds is 5. The van der Waals surface area contributed by atoms with Crippen molar-refractivity contribution in [3.63, 3.8) is 0 Å². The molecule has 0 bridgehead atoms. The van der Waals surface area contributed by atoms with Crippen LogP contribution in [0.25, 0.3) is 0 Å². The van der Waals surface area contributed by atoms with E-state index in [0.29, 0.717) is 13.1 Å². The number of nitrogens with zero attached hydrogens (tertiary/aromatic N) is 2. The molecular weight excluding hydrogens is 328 g/mol. The van der Waals surface area contributed by atoms with Crippen LogP contribution in [0.4, 0.5) is 0 Å². The fourth-order valence-corrected chi connectivity index (χ4v) is 4.35. The van der Waals surface area contributed by atoms with Gasteiger partial charge >= 0.3 is 0 Å². The van der Waals surface area contributed by atoms with Gasteiger partial charge in [0.1, 0.15) is 5.75 Å². The highest BCUT2D eigenvalue weighted by molar-refractivity contribution is 5.86. The van der Waals surface area contributed by atoms with Crippen molar-refractivity contribution in [2.75, 3.05) is 32.8 Å². The number of hydrogen-bond donors (Lipinski definition) is 0. The van der Waals surface area contributed by atoms with Crippen LogP contribution in [0.3, 0.4) is 0 Å². The Labute approximate surface area is 155 Å². The van der Waals surface area contributed by atoms with Gasteiger partial charge in [-0.1, -0.05) is 18.2 Å². The van der Waals surface area contributed by atoms with Crippen molar-refractivity contribution in [1.29, 1.82) is 0 Å². The second kappa shape index (κ2) is 6.93. The number of ether oxygens (including phenoxy) is 1. The average molecular weight is 356 g/mol. The number of aryl methyl sites for hydroxylation is 1. The number of hydrogen-bond acceptors (Lipinski definition) is 3. The van der Waals surface area contributed by atoms with Crippen LogP contribution in [0.1, 0.15) is 37.7 Å². The molecule has 1 saturated carbocycles. The molecule has 5 heteroatoms. The summed E-state index contributed by atoms with van der Waals surface area (Å²) in [7, 11) is 0. The molecule has 1 aromatic rings. The van der Waals surface area contributed by atoms with Crippen molar-refractivity contribution in [3.8, 4) is 5.75 Å². The van der Waals surface area contributed by atoms with Crippen LogP contribution in [0.2, 0.25) is 0 Å². The van der Waals surface area contributed by atoms with Crippen LogP contribution >= 0.6 is 0 Å². The second-order valence-electron chi connectivity index (χ2n) is 8.20. The molecular formula is C21H28N2O3. The van der Waals surface area contributed by atoms with E-state index in [4.69, 9.17) is 4.74 Å². The Hall–Kier alpha value is -2.04. The minimum absolute atomic E-state index is 0.0164. The molecule has 1 atom stereocenters. The Morgan fingerprint density at radius 3 is 2.81 bits per heavy atom. The van der Waals surface area contributed by atoms with Crippen molar-refractivity contribution < 1.29 is 14.3 Å². The van der Waals surface area contributed by atoms with Gasteiger partial charge in [-0.3, -0.25) is 9.59 Å². The van der Waals surface area contributed by atoms with Gasteiger partial charge in [0, 0.05) is 26.2 Å². The number of carbonyl (C=O) groups is 2. The second-order valence-corrected chi connectivity index (χ2v) is 8.20. The Morgan fingerprint density at radius 1 is 1.23 bits per heavy atom. The van der Waals surface area contributed by atoms with Crippen molar-refractivity contribution >= 4 is 11.8 Å². The zero-order valence-corrected chi connectivity index (χ0v) is 15.6. The molecule has 2 amide bonds. The zero-order valence-electron chi connectivity index (χ0n) is 15.6. The van der Waals surface area contributed by atoms with Gasteiger partial charge in [0.05, 0.1) is 5.41 Å². The molecule has 4 rings (SSSR count). The van der Waals surface area contributed by atoms with Gasteiger partial charge in [-0.05, 0) is 56.6 Å². The number of likely N-dealkylation sites (tertiary alicyclic amines) is 2. The van der Waals surface area contributed by atoms with Crippen LogP contribution < -0.4 is 4.74 Å². The molecule has 1 aromatic carbocycles. The lowest BCUT2D eigenvalue weighted by Crippen LogP contribution is -2.51. The third-order valence-electron chi connectivity index (χ3n) is 6.15. The Morgan fingerprint density at radius 2 is 2.04 bits per heavy atom. The monoisotopic (exact) mass is 356 g/mol. The van der Waals surface area contributed by atoms with E-state index in [9.17, 15) is 9.59 Å². The highest BCUT2D eigenvalue weighted by Crippen LogP contribution is 2.41. The first-order valence-corrected chi connectivity index (χ1v) is 9.83. The standard InChI is InChI=1S/C21H28N2O3/c1-16-5-2-3-6-18(16)26-14-19(24)23-12-10-21(15-23)9-4-11-22(20(21)25)13-17-7-8-17/h2-3,5-6,17H,4,7-15H2,1H3/t21-/m0/s1. The fraction of sp³-hybridized carbons (Fsp3) is 0.619. The molecule has 26 heavy (non-hydrogen) atoms. The summed E-state index contributed by atoms with van der Waals surface area (Å²) in [4.78, 5) is 29.6. The average Bonchev–Trinajstić information content (AvgIpc) is 3.36. The summed E-state index contributed by atoms with van der Waals surface area (Å²) < 4.78 is 5.71. The number of piperidine rings is 1. The van der Waals surface area contributed by atoms with Gasteiger partial charge in [0.25, 0.3) is 5.91 Å². The molecule has 3 fully saturated rings. The van der Waals surface area contributed by atoms with Gasteiger partial charge in [-0.2, -0.15) is 0 Å². The van der Waals surface area contributed by atoms with Crippen molar-refractivity contribution in [2.24, 2.45) is 11.3 Å². The number of benzene rings is 1. The molecule has 1 aliphatic carbocycles. The summed E-state index contributed by atoms with van der Waals surface area (Å²) in [6.45, 7) is 5.05. The maximum absolute atomic E-state index is 13.1. The molecule has 5 nitrogen and oxygen atoms in total. The topological polar surface area (TPSA) is 49.9 Å². The van der Waals surface area contributed by atoms with E-state index in [2.05, 4.69) is 4.90 Å². The smallest absolute Gasteiger partial charge is 0.260 e. The Balaban J connectivity index is 1.35. The lowest BCUT2D eigenvalue weighted by molar-refractivity contribution is -0.146. The van der Waals surface area contributed by atoms with Gasteiger partial charge in [0.2, 0.25) is 5.91 Å². The molecule has 3 aliphatic rings. The lowest BCUT2D eigenvalue weighted by atomic mass is 9.78. The Bertz CT molecular complexity index is 700. The summed E-state index contributed by atoms with van der Waals surface area (Å²) in [5.74, 6) is 1.73. The van der Waals surface area contributed by atoms with Crippen LogP contribution in [0, 0.1) is 18.3 Å². The van der Waals surface area contributed by atoms with E-state index in [0.717, 1.165) is 49.6 Å². The number of amides is 2. The van der Waals surface area contributed by atoms with Gasteiger partial charge in [-0.25, -0.2) is 0 Å². The predicted octanol–water partition coefficient (Wildman–Crippen LogP) is 2.62. The van der Waals surface area contributed by atoms with E-state index in [1.54, 1.807) is 0 Å². The van der Waals surface area contributed by atoms with E-state index in [1.165, 1.54) is 12.8 Å². The molecule has 2 saturated heterocycles. The summed E-state index contributed by atoms with van der Waals surface area (Å²) in [6.07, 6.45) is 5.29. The van der Waals surface area contributed by atoms with E-state index in [1.807, 2.05) is 36.1 Å². The molecule has 0 N–H and O–H groups in total. The predicted molar refractivity (Wildman–Crippen MR) is 98.8 cm³/mol. The van der Waals surface area contributed by atoms with Gasteiger partial charge < -0.3 is 14.5 Å². The van der Waals surface area contributed by atoms with Crippen LogP contribution in [-0.4, -0.2) is 54.4 Å². The number of para-hydroxylation sites is 1. The van der Waals surface area contributed by atoms with Crippen molar-refractivity contribution in [3.05, 3.63) is 29.8 Å². The van der Waals surface area contributed by atoms with Crippen molar-refractivity contribution in [2.45, 2.75) is 39.0 Å². The maximum atomic E-state index is 13.1. The SMILES string of the molecule is Cc1ccccc1OCC(=O)N1CC[C@@]2(CCCN(CC3CC3)C2=O)C1. The summed E-state index contributed by atoms with van der Waals surface area (Å²) in [6, 6.07) is 7.72. The normalized spacial score (nSPS) is 25.8. The van der Waals surface area contributed by atoms with E-state index < -0.39 is 0 Å². The summed E-state index contributed by atoms with van der Waals surface area (Å²) in [5.41, 5.74) is 0.683. The molecule has 0 aromatic heterocycles. The molecule has 0 radical (unpaired) electrons. The first kappa shape index (κ1) is 17.4. The van der Waals surface area contributed by atoms with E-state index >= 15 is 0 Å². The lowest BCUT2D eigenvalue weighted by Gasteiger charge is -2.39. The molecule has 140 valence electrons. The highest BCUT2D eigenvalue weighted by atomic mass is 16.5. The zero-order chi connectivity index (χ0) is 18.1. The van der Waals surface area contributed by atoms with Crippen molar-refractivity contribution in [1.82, 2.24) is 9.80 Å². The molecule has 2 aliphatic heterocycles. The largest absolute Gasteiger partial charge is 0.484 e. The highest BCUT2D eigenvalue weighted by Gasteiger charge is 2.49. The minimum Gasteiger partial charge on any atom is -0.484 e. The van der Waals surface area contributed by atoms with Gasteiger partial charge in [-0.15, -0.1) is 0 Å². The van der Waals surface area contributed by atoms with Crippen LogP contribution in [0.5, 0.6) is 5.75 Å². The summed E-state index contributed by atoms with van der Waals surface area (Å²) >= 11 is 0. The minimum atomic E-state index is -0.342. The molecule has 0 unspecified atom stereocenters. The Kier molecular flexibility index (Phi) is 4.63. The van der Waals surface area contributed by atoms with Crippen LogP contribution in [0.15, 0.2) is 24.3 Å². The quantitative estimate of drug-likeness (QED) is 0.815. The van der Waals surface area contributed by atoms with E-state index in [-0.39, 0.29) is 23.8 Å². The third kappa shape index (κ3) is 3.44. The molecule has 1 spiro atoms. The first-order valence-electron chi connectivity index (χ1n) is 9.83. The first-order chi connectivity index (χ1) is 12.6. The molecule has 2 heterocycles. The third-order valence-corrected chi connectivity index (χ3v) is 6.15. The van der Waals surface area contributed by atoms with Gasteiger partial charge in [0.15, 0.2) is 6.61 Å². The summed E-state index contributed by atoms with van der Waals surface area (Å²) in [5, 5.41) is 0. The van der Waals surface area contributed by atoms with Crippen LogP contribution in [-0.2, 0) is 9.59 Å². The maximum Gasteiger partial charge on any atom is 0.260 e. The number of carbonyl (C=O) groups excluding carboxylic acids is 2. The fourth-order valence-electron chi connectivity index (χ4n) is 4.35.